The first kappa shape index (κ1) is 30.2. The van der Waals surface area contributed by atoms with Gasteiger partial charge in [0.25, 0.3) is 0 Å². The monoisotopic (exact) mass is 561 g/mol. The molecule has 0 aliphatic carbocycles. The number of imidazole rings is 1. The summed E-state index contributed by atoms with van der Waals surface area (Å²) in [4.78, 5) is 24.9. The Morgan fingerprint density at radius 3 is 2.46 bits per heavy atom. The van der Waals surface area contributed by atoms with Gasteiger partial charge in [-0.1, -0.05) is 44.9 Å². The largest absolute Gasteiger partial charge is 0.467 e. The number of benzene rings is 1. The lowest BCUT2D eigenvalue weighted by molar-refractivity contribution is -0.146. The highest BCUT2D eigenvalue weighted by Crippen LogP contribution is 2.44. The van der Waals surface area contributed by atoms with E-state index in [1.165, 1.54) is 7.11 Å². The van der Waals surface area contributed by atoms with Crippen LogP contribution in [0.3, 0.4) is 0 Å². The topological polar surface area (TPSA) is 136 Å². The molecular formula is C26H36N5O7P. The summed E-state index contributed by atoms with van der Waals surface area (Å²) in [7, 11) is -2.46. The van der Waals surface area contributed by atoms with Gasteiger partial charge < -0.3 is 23.3 Å². The minimum absolute atomic E-state index is 0.0672. The molecule has 212 valence electrons. The molecule has 0 amide bonds. The number of aromatic nitrogens is 4. The minimum Gasteiger partial charge on any atom is -0.467 e. The van der Waals surface area contributed by atoms with Crippen LogP contribution in [0.1, 0.15) is 33.6 Å². The lowest BCUT2D eigenvalue weighted by Gasteiger charge is -2.23. The van der Waals surface area contributed by atoms with Crippen LogP contribution in [0, 0.1) is 5.92 Å². The maximum Gasteiger partial charge on any atom is 0.459 e. The van der Waals surface area contributed by atoms with Gasteiger partial charge in [-0.2, -0.15) is 5.09 Å². The molecule has 2 heterocycles. The molecule has 0 fully saturated rings. The van der Waals surface area contributed by atoms with Gasteiger partial charge in [0, 0.05) is 18.0 Å². The van der Waals surface area contributed by atoms with Crippen molar-refractivity contribution in [2.75, 3.05) is 26.9 Å². The van der Waals surface area contributed by atoms with E-state index >= 15 is 0 Å². The van der Waals surface area contributed by atoms with Gasteiger partial charge in [0.2, 0.25) is 0 Å². The number of hydrogen-bond acceptors (Lipinski definition) is 10. The molecule has 2 aromatic heterocycles. The van der Waals surface area contributed by atoms with Crippen molar-refractivity contribution in [1.29, 1.82) is 0 Å². The Bertz CT molecular complexity index is 1190. The SMILES string of the molecule is CCC(CC)COC(=O)[C@H](C)N[P@](=O)(OCCOCn1cncc1-c1cnc(OC)nc1)Oc1ccccc1. The van der Waals surface area contributed by atoms with Gasteiger partial charge in [-0.25, -0.2) is 19.5 Å². The van der Waals surface area contributed by atoms with Crippen LogP contribution >= 0.6 is 7.75 Å². The highest BCUT2D eigenvalue weighted by Gasteiger charge is 2.32. The summed E-state index contributed by atoms with van der Waals surface area (Å²) in [6, 6.07) is 7.93. The summed E-state index contributed by atoms with van der Waals surface area (Å²) in [5.74, 6) is 0.0700. The minimum atomic E-state index is -3.96. The molecular weight excluding hydrogens is 525 g/mol. The maximum absolute atomic E-state index is 13.6. The van der Waals surface area contributed by atoms with E-state index in [-0.39, 0.29) is 31.9 Å². The lowest BCUT2D eigenvalue weighted by Crippen LogP contribution is -2.36. The number of methoxy groups -OCH3 is 1. The molecule has 3 aromatic rings. The Morgan fingerprint density at radius 1 is 1.08 bits per heavy atom. The van der Waals surface area contributed by atoms with Crippen molar-refractivity contribution in [2.24, 2.45) is 5.92 Å². The zero-order valence-electron chi connectivity index (χ0n) is 22.7. The Balaban J connectivity index is 1.55. The van der Waals surface area contributed by atoms with Gasteiger partial charge in [-0.3, -0.25) is 9.32 Å². The summed E-state index contributed by atoms with van der Waals surface area (Å²) in [6.07, 6.45) is 8.34. The van der Waals surface area contributed by atoms with Crippen LogP contribution in [-0.4, -0.2) is 58.5 Å². The summed E-state index contributed by atoms with van der Waals surface area (Å²) < 4.78 is 42.7. The molecule has 0 bridgehead atoms. The number of ether oxygens (including phenoxy) is 3. The van der Waals surface area contributed by atoms with E-state index in [4.69, 9.17) is 23.3 Å². The molecule has 0 saturated heterocycles. The molecule has 0 radical (unpaired) electrons. The smallest absolute Gasteiger partial charge is 0.459 e. The van der Waals surface area contributed by atoms with Crippen molar-refractivity contribution in [3.8, 4) is 23.0 Å². The van der Waals surface area contributed by atoms with Crippen molar-refractivity contribution in [2.45, 2.75) is 46.4 Å². The molecule has 1 aromatic carbocycles. The van der Waals surface area contributed by atoms with E-state index in [1.807, 2.05) is 13.8 Å². The van der Waals surface area contributed by atoms with Gasteiger partial charge in [0.1, 0.15) is 18.5 Å². The summed E-state index contributed by atoms with van der Waals surface area (Å²) in [5, 5.41) is 2.69. The molecule has 2 atom stereocenters. The molecule has 0 saturated carbocycles. The fraction of sp³-hybridized carbons (Fsp3) is 0.462. The zero-order chi connectivity index (χ0) is 28.1. The van der Waals surface area contributed by atoms with Crippen LogP contribution in [0.2, 0.25) is 0 Å². The van der Waals surface area contributed by atoms with Crippen molar-refractivity contribution in [1.82, 2.24) is 24.6 Å². The molecule has 13 heteroatoms. The van der Waals surface area contributed by atoms with Gasteiger partial charge in [0.15, 0.2) is 0 Å². The van der Waals surface area contributed by atoms with Crippen LogP contribution in [0.15, 0.2) is 55.2 Å². The second-order valence-electron chi connectivity index (χ2n) is 8.64. The van der Waals surface area contributed by atoms with Crippen molar-refractivity contribution in [3.63, 3.8) is 0 Å². The molecule has 1 N–H and O–H groups in total. The van der Waals surface area contributed by atoms with E-state index in [0.29, 0.717) is 12.4 Å². The molecule has 0 aliphatic rings. The fourth-order valence-corrected chi connectivity index (χ4v) is 4.92. The quantitative estimate of drug-likeness (QED) is 0.142. The average Bonchev–Trinajstić information content (AvgIpc) is 3.42. The second kappa shape index (κ2) is 15.3. The third-order valence-corrected chi connectivity index (χ3v) is 7.51. The maximum atomic E-state index is 13.6. The standard InChI is InChI=1S/C26H36N5O7P/c1-5-21(6-2)17-36-25(32)20(3)30-39(33,38-23-10-8-7-9-11-23)37-13-12-35-19-31-18-27-16-24(31)22-14-28-26(34-4)29-15-22/h7-11,14-16,18,20-21H,5-6,12-13,17,19H2,1-4H3,(H,30,33)/t20-,39-/m0/s1. The number of nitrogens with zero attached hydrogens (tertiary/aromatic N) is 4. The van der Waals surface area contributed by atoms with Crippen LogP contribution < -0.4 is 14.3 Å². The summed E-state index contributed by atoms with van der Waals surface area (Å²) >= 11 is 0. The van der Waals surface area contributed by atoms with Crippen molar-refractivity contribution < 1.29 is 32.6 Å². The summed E-state index contributed by atoms with van der Waals surface area (Å²) in [6.45, 7) is 6.12. The normalized spacial score (nSPS) is 13.6. The number of rotatable bonds is 17. The van der Waals surface area contributed by atoms with Crippen LogP contribution in [0.5, 0.6) is 11.8 Å². The number of carbonyl (C=O) groups is 1. The Labute approximate surface area is 228 Å². The Kier molecular flexibility index (Phi) is 11.9. The number of carbonyl (C=O) groups excluding carboxylic acids is 1. The third kappa shape index (κ3) is 9.43. The first-order chi connectivity index (χ1) is 18.9. The Morgan fingerprint density at radius 2 is 1.79 bits per heavy atom. The highest BCUT2D eigenvalue weighted by atomic mass is 31.2. The van der Waals surface area contributed by atoms with E-state index in [9.17, 15) is 9.36 Å². The van der Waals surface area contributed by atoms with E-state index in [0.717, 1.165) is 24.1 Å². The molecule has 39 heavy (non-hydrogen) atoms. The first-order valence-electron chi connectivity index (χ1n) is 12.7. The predicted octanol–water partition coefficient (Wildman–Crippen LogP) is 4.48. The number of hydrogen-bond donors (Lipinski definition) is 1. The number of nitrogens with one attached hydrogen (secondary N) is 1. The molecule has 3 rings (SSSR count). The summed E-state index contributed by atoms with van der Waals surface area (Å²) in [5.41, 5.74) is 1.49. The molecule has 0 spiro atoms. The lowest BCUT2D eigenvalue weighted by atomic mass is 10.1. The number of esters is 1. The zero-order valence-corrected chi connectivity index (χ0v) is 23.6. The highest BCUT2D eigenvalue weighted by molar-refractivity contribution is 7.52. The van der Waals surface area contributed by atoms with E-state index in [1.54, 1.807) is 66.7 Å². The average molecular weight is 562 g/mol. The van der Waals surface area contributed by atoms with Crippen LogP contribution in [0.4, 0.5) is 0 Å². The molecule has 12 nitrogen and oxygen atoms in total. The Hall–Kier alpha value is -3.31. The number of para-hydroxylation sites is 1. The van der Waals surface area contributed by atoms with E-state index < -0.39 is 19.8 Å². The van der Waals surface area contributed by atoms with Crippen LogP contribution in [-0.2, 0) is 30.1 Å². The third-order valence-electron chi connectivity index (χ3n) is 5.83. The predicted molar refractivity (Wildman–Crippen MR) is 144 cm³/mol. The van der Waals surface area contributed by atoms with Crippen molar-refractivity contribution in [3.05, 3.63) is 55.2 Å². The van der Waals surface area contributed by atoms with Crippen LogP contribution in [0.25, 0.3) is 11.3 Å². The second-order valence-corrected chi connectivity index (χ2v) is 10.3. The molecule has 0 unspecified atom stereocenters. The van der Waals surface area contributed by atoms with E-state index in [2.05, 4.69) is 20.0 Å². The first-order valence-corrected chi connectivity index (χ1v) is 14.3. The van der Waals surface area contributed by atoms with Crippen molar-refractivity contribution >= 4 is 13.7 Å². The van der Waals surface area contributed by atoms with Gasteiger partial charge >= 0.3 is 19.7 Å². The molecule has 0 aliphatic heterocycles. The fourth-order valence-electron chi connectivity index (χ4n) is 3.45. The van der Waals surface area contributed by atoms with Gasteiger partial charge in [-0.05, 0) is 25.0 Å². The van der Waals surface area contributed by atoms with Gasteiger partial charge in [-0.15, -0.1) is 0 Å². The van der Waals surface area contributed by atoms with Gasteiger partial charge in [0.05, 0.1) is 45.1 Å².